The van der Waals surface area contributed by atoms with E-state index in [9.17, 15) is 8.78 Å². The summed E-state index contributed by atoms with van der Waals surface area (Å²) in [5.41, 5.74) is 1.38. The van der Waals surface area contributed by atoms with Crippen LogP contribution in [0, 0.1) is 11.6 Å². The average molecular weight is 383 g/mol. The van der Waals surface area contributed by atoms with Crippen molar-refractivity contribution in [3.8, 4) is 11.5 Å². The number of hydrogen-bond acceptors (Lipinski definition) is 3. The number of rotatable bonds is 4. The third kappa shape index (κ3) is 2.76. The van der Waals surface area contributed by atoms with Crippen molar-refractivity contribution in [2.24, 2.45) is 0 Å². The maximum atomic E-state index is 14.4. The highest BCUT2D eigenvalue weighted by Crippen LogP contribution is 2.32. The van der Waals surface area contributed by atoms with Gasteiger partial charge in [-0.3, -0.25) is 0 Å². The van der Waals surface area contributed by atoms with Crippen LogP contribution in [0.4, 0.5) is 8.78 Å². The van der Waals surface area contributed by atoms with Gasteiger partial charge in [0.25, 0.3) is 0 Å². The molecular weight excluding hydrogens is 370 g/mol. The SMILES string of the molecule is COc1cc(OC)c(F)c(Cn2ccc3nc(Br)ccc32)c1F. The van der Waals surface area contributed by atoms with Gasteiger partial charge in [-0.25, -0.2) is 13.8 Å². The van der Waals surface area contributed by atoms with Gasteiger partial charge in [0.2, 0.25) is 0 Å². The molecule has 0 spiro atoms. The Hall–Kier alpha value is -2.15. The number of pyridine rings is 1. The zero-order chi connectivity index (χ0) is 16.6. The van der Waals surface area contributed by atoms with Gasteiger partial charge in [0.15, 0.2) is 23.1 Å². The number of ether oxygens (including phenoxy) is 2. The first-order valence-corrected chi connectivity index (χ1v) is 7.54. The van der Waals surface area contributed by atoms with Crippen molar-refractivity contribution < 1.29 is 18.3 Å². The molecule has 0 amide bonds. The second-order valence-electron chi connectivity index (χ2n) is 4.87. The van der Waals surface area contributed by atoms with Crippen LogP contribution in [0.1, 0.15) is 5.56 Å². The molecule has 3 rings (SSSR count). The van der Waals surface area contributed by atoms with E-state index in [1.807, 2.05) is 6.07 Å². The molecule has 0 aliphatic carbocycles. The molecule has 0 saturated carbocycles. The first-order chi connectivity index (χ1) is 11.0. The summed E-state index contributed by atoms with van der Waals surface area (Å²) in [5, 5.41) is 0. The number of benzene rings is 1. The second kappa shape index (κ2) is 6.16. The van der Waals surface area contributed by atoms with Crippen LogP contribution in [0.3, 0.4) is 0 Å². The summed E-state index contributed by atoms with van der Waals surface area (Å²) in [5.74, 6) is -1.60. The topological polar surface area (TPSA) is 36.3 Å². The van der Waals surface area contributed by atoms with Crippen LogP contribution in [0.15, 0.2) is 35.1 Å². The van der Waals surface area contributed by atoms with Crippen molar-refractivity contribution >= 4 is 27.0 Å². The smallest absolute Gasteiger partial charge is 0.173 e. The zero-order valence-corrected chi connectivity index (χ0v) is 14.0. The summed E-state index contributed by atoms with van der Waals surface area (Å²) >= 11 is 3.30. The van der Waals surface area contributed by atoms with E-state index in [0.717, 1.165) is 11.0 Å². The Balaban J connectivity index is 2.11. The van der Waals surface area contributed by atoms with E-state index < -0.39 is 11.6 Å². The number of methoxy groups -OCH3 is 2. The first-order valence-electron chi connectivity index (χ1n) is 6.75. The molecule has 0 saturated heterocycles. The van der Waals surface area contributed by atoms with Crippen LogP contribution in [0.5, 0.6) is 11.5 Å². The molecule has 2 aromatic heterocycles. The molecule has 0 aliphatic heterocycles. The van der Waals surface area contributed by atoms with Gasteiger partial charge in [-0.1, -0.05) is 0 Å². The van der Waals surface area contributed by atoms with E-state index >= 15 is 0 Å². The third-order valence-electron chi connectivity index (χ3n) is 3.58. The standard InChI is InChI=1S/C16H13BrF2N2O2/c1-22-12-7-13(23-2)16(19)9(15(12)18)8-21-6-5-10-11(21)3-4-14(17)20-10/h3-7H,8H2,1-2H3. The van der Waals surface area contributed by atoms with E-state index in [1.54, 1.807) is 22.9 Å². The van der Waals surface area contributed by atoms with E-state index in [2.05, 4.69) is 20.9 Å². The Morgan fingerprint density at radius 1 is 1.09 bits per heavy atom. The molecule has 0 aliphatic rings. The number of hydrogen-bond donors (Lipinski definition) is 0. The molecule has 4 nitrogen and oxygen atoms in total. The van der Waals surface area contributed by atoms with Crippen LogP contribution >= 0.6 is 15.9 Å². The highest BCUT2D eigenvalue weighted by Gasteiger charge is 2.20. The Labute approximate surface area is 139 Å². The van der Waals surface area contributed by atoms with Crippen LogP contribution in [-0.2, 0) is 6.54 Å². The maximum Gasteiger partial charge on any atom is 0.173 e. The van der Waals surface area contributed by atoms with Gasteiger partial charge in [-0.2, -0.15) is 0 Å². The van der Waals surface area contributed by atoms with Crippen LogP contribution < -0.4 is 9.47 Å². The molecule has 3 aromatic rings. The molecule has 2 heterocycles. The Morgan fingerprint density at radius 2 is 1.74 bits per heavy atom. The minimum absolute atomic E-state index is 0.00195. The molecule has 0 unspecified atom stereocenters. The fourth-order valence-electron chi connectivity index (χ4n) is 2.43. The van der Waals surface area contributed by atoms with E-state index in [-0.39, 0.29) is 23.6 Å². The first kappa shape index (κ1) is 15.7. The van der Waals surface area contributed by atoms with Gasteiger partial charge in [-0.05, 0) is 34.1 Å². The molecule has 0 N–H and O–H groups in total. The molecule has 0 fully saturated rings. The molecule has 0 bridgehead atoms. The molecular formula is C16H13BrF2N2O2. The number of nitrogens with zero attached hydrogens (tertiary/aromatic N) is 2. The van der Waals surface area contributed by atoms with Crippen LogP contribution in [-0.4, -0.2) is 23.8 Å². The van der Waals surface area contributed by atoms with Crippen molar-refractivity contribution in [1.82, 2.24) is 9.55 Å². The molecule has 0 radical (unpaired) electrons. The van der Waals surface area contributed by atoms with E-state index in [1.165, 1.54) is 20.3 Å². The fourth-order valence-corrected chi connectivity index (χ4v) is 2.76. The lowest BCUT2D eigenvalue weighted by Gasteiger charge is -2.13. The number of fused-ring (bicyclic) bond motifs is 1. The predicted molar refractivity (Wildman–Crippen MR) is 86.0 cm³/mol. The summed E-state index contributed by atoms with van der Waals surface area (Å²) in [6.45, 7) is -0.00195. The quantitative estimate of drug-likeness (QED) is 0.636. The van der Waals surface area contributed by atoms with Crippen molar-refractivity contribution in [3.63, 3.8) is 0 Å². The van der Waals surface area contributed by atoms with Crippen molar-refractivity contribution in [3.05, 3.63) is 52.3 Å². The zero-order valence-electron chi connectivity index (χ0n) is 12.4. The van der Waals surface area contributed by atoms with Gasteiger partial charge in [0, 0.05) is 12.3 Å². The lowest BCUT2D eigenvalue weighted by atomic mass is 10.1. The summed E-state index contributed by atoms with van der Waals surface area (Å²) in [6.07, 6.45) is 1.73. The van der Waals surface area contributed by atoms with Crippen molar-refractivity contribution in [2.45, 2.75) is 6.54 Å². The summed E-state index contributed by atoms with van der Waals surface area (Å²) < 4.78 is 41.2. The number of halogens is 3. The lowest BCUT2D eigenvalue weighted by Crippen LogP contribution is -2.07. The lowest BCUT2D eigenvalue weighted by molar-refractivity contribution is 0.352. The largest absolute Gasteiger partial charge is 0.494 e. The Kier molecular flexibility index (Phi) is 4.21. The normalized spacial score (nSPS) is 11.0. The second-order valence-corrected chi connectivity index (χ2v) is 5.68. The van der Waals surface area contributed by atoms with Gasteiger partial charge in [0.1, 0.15) is 4.60 Å². The Morgan fingerprint density at radius 3 is 2.35 bits per heavy atom. The summed E-state index contributed by atoms with van der Waals surface area (Å²) in [4.78, 5) is 4.31. The van der Waals surface area contributed by atoms with Gasteiger partial charge >= 0.3 is 0 Å². The monoisotopic (exact) mass is 382 g/mol. The highest BCUT2D eigenvalue weighted by molar-refractivity contribution is 9.10. The van der Waals surface area contributed by atoms with Crippen LogP contribution in [0.25, 0.3) is 11.0 Å². The third-order valence-corrected chi connectivity index (χ3v) is 4.02. The molecule has 120 valence electrons. The molecule has 23 heavy (non-hydrogen) atoms. The molecule has 7 heteroatoms. The van der Waals surface area contributed by atoms with Crippen molar-refractivity contribution in [2.75, 3.05) is 14.2 Å². The maximum absolute atomic E-state index is 14.4. The van der Waals surface area contributed by atoms with E-state index in [4.69, 9.17) is 9.47 Å². The van der Waals surface area contributed by atoms with E-state index in [0.29, 0.717) is 4.60 Å². The summed E-state index contributed by atoms with van der Waals surface area (Å²) in [7, 11) is 2.65. The predicted octanol–water partition coefficient (Wildman–Crippen LogP) is 4.14. The minimum atomic E-state index is -0.738. The average Bonchev–Trinajstić information content (AvgIpc) is 2.93. The molecule has 0 atom stereocenters. The van der Waals surface area contributed by atoms with Crippen molar-refractivity contribution in [1.29, 1.82) is 0 Å². The molecule has 1 aromatic carbocycles. The van der Waals surface area contributed by atoms with Gasteiger partial charge in [0.05, 0.1) is 37.4 Å². The highest BCUT2D eigenvalue weighted by atomic mass is 79.9. The fraction of sp³-hybridized carbons (Fsp3) is 0.188. The number of aromatic nitrogens is 2. The van der Waals surface area contributed by atoms with Gasteiger partial charge < -0.3 is 14.0 Å². The summed E-state index contributed by atoms with van der Waals surface area (Å²) in [6, 6.07) is 6.59. The van der Waals surface area contributed by atoms with Gasteiger partial charge in [-0.15, -0.1) is 0 Å². The Bertz CT molecular complexity index is 852. The van der Waals surface area contributed by atoms with Crippen LogP contribution in [0.2, 0.25) is 0 Å². The minimum Gasteiger partial charge on any atom is -0.494 e.